The van der Waals surface area contributed by atoms with E-state index in [2.05, 4.69) is 20.1 Å². The van der Waals surface area contributed by atoms with E-state index in [0.29, 0.717) is 5.56 Å². The second-order valence-corrected chi connectivity index (χ2v) is 11.1. The molecule has 0 aliphatic rings. The number of rotatable bonds is 7. The summed E-state index contributed by atoms with van der Waals surface area (Å²) in [5.41, 5.74) is 3.20. The summed E-state index contributed by atoms with van der Waals surface area (Å²) < 4.78 is 63.5. The van der Waals surface area contributed by atoms with Crippen LogP contribution in [0.5, 0.6) is 0 Å². The van der Waals surface area contributed by atoms with Gasteiger partial charge in [-0.1, -0.05) is 70.5 Å². The van der Waals surface area contributed by atoms with Gasteiger partial charge in [-0.15, -0.1) is 0 Å². The highest BCUT2D eigenvalue weighted by Crippen LogP contribution is 2.28. The summed E-state index contributed by atoms with van der Waals surface area (Å²) in [6.07, 6.45) is 2.83. The van der Waals surface area contributed by atoms with Gasteiger partial charge in [0, 0.05) is 15.4 Å². The predicted octanol–water partition coefficient (Wildman–Crippen LogP) is 6.74. The Morgan fingerprint density at radius 3 is 2.03 bits per heavy atom. The molecule has 0 amide bonds. The monoisotopic (exact) mass is 590 g/mol. The van der Waals surface area contributed by atoms with Crippen molar-refractivity contribution in [2.75, 3.05) is 6.61 Å². The van der Waals surface area contributed by atoms with Crippen LogP contribution in [0.4, 0.5) is 0 Å². The van der Waals surface area contributed by atoms with Crippen LogP contribution in [0.3, 0.4) is 0 Å². The summed E-state index contributed by atoms with van der Waals surface area (Å²) in [6, 6.07) is 24.2. The van der Waals surface area contributed by atoms with Crippen molar-refractivity contribution in [3.05, 3.63) is 105 Å². The number of fused-ring (bicyclic) bond motifs is 1. The fourth-order valence-corrected chi connectivity index (χ4v) is 4.31. The molecule has 1 aromatic heterocycles. The van der Waals surface area contributed by atoms with Crippen molar-refractivity contribution >= 4 is 59.3 Å². The second-order valence-electron chi connectivity index (χ2n) is 7.34. The quantitative estimate of drug-likeness (QED) is 0.187. The molecular weight excluding hydrogens is 568 g/mol. The van der Waals surface area contributed by atoms with E-state index in [-0.39, 0.29) is 6.61 Å². The van der Waals surface area contributed by atoms with Crippen LogP contribution in [-0.4, -0.2) is 28.0 Å². The van der Waals surface area contributed by atoms with Gasteiger partial charge >= 0.3 is 0 Å². The number of benzene rings is 3. The normalized spacial score (nSPS) is 12.2. The van der Waals surface area contributed by atoms with Gasteiger partial charge in [-0.25, -0.2) is 0 Å². The van der Waals surface area contributed by atoms with Crippen LogP contribution in [0.15, 0.2) is 98.6 Å². The largest absolute Gasteiger partial charge is 0.456 e. The first kappa shape index (κ1) is 27.6. The minimum Gasteiger partial charge on any atom is -0.456 e. The Bertz CT molecular complexity index is 1530. The lowest BCUT2D eigenvalue weighted by atomic mass is 10.1. The van der Waals surface area contributed by atoms with Crippen molar-refractivity contribution < 1.29 is 30.0 Å². The maximum Gasteiger partial charge on any atom is 0.290 e. The van der Waals surface area contributed by atoms with Crippen molar-refractivity contribution in [2.45, 2.75) is 6.92 Å². The topological polar surface area (TPSA) is 111 Å². The number of para-hydroxylation sites is 1. The maximum atomic E-state index is 11.2. The van der Waals surface area contributed by atoms with Crippen LogP contribution in [0.25, 0.3) is 34.4 Å². The average molecular weight is 592 g/mol. The third-order valence-electron chi connectivity index (χ3n) is 4.63. The lowest BCUT2D eigenvalue weighted by Crippen LogP contribution is -2.00. The SMILES string of the molecule is CCOS(=O)(=O)/C=C/c1ccc(Br)cc1.O=S(=O)(O)/C=C/c1ccc(-c2cc3ccccc3o2)cc1. The summed E-state index contributed by atoms with van der Waals surface area (Å²) in [7, 11) is -7.63. The van der Waals surface area contributed by atoms with Gasteiger partial charge in [0.25, 0.3) is 20.2 Å². The third kappa shape index (κ3) is 8.89. The molecule has 10 heteroatoms. The Morgan fingerprint density at radius 2 is 1.44 bits per heavy atom. The van der Waals surface area contributed by atoms with Gasteiger partial charge in [0.2, 0.25) is 0 Å². The van der Waals surface area contributed by atoms with Gasteiger partial charge in [0.05, 0.1) is 17.4 Å². The Hall–Kier alpha value is -3.02. The van der Waals surface area contributed by atoms with Crippen LogP contribution in [0.1, 0.15) is 18.1 Å². The summed E-state index contributed by atoms with van der Waals surface area (Å²) in [6.45, 7) is 1.78. The molecule has 1 heterocycles. The summed E-state index contributed by atoms with van der Waals surface area (Å²) in [5, 5.41) is 2.84. The number of hydrogen-bond acceptors (Lipinski definition) is 6. The van der Waals surface area contributed by atoms with Crippen molar-refractivity contribution in [2.24, 2.45) is 0 Å². The zero-order valence-electron chi connectivity index (χ0n) is 19.1. The molecule has 7 nitrogen and oxygen atoms in total. The van der Waals surface area contributed by atoms with E-state index in [1.807, 2.05) is 66.7 Å². The van der Waals surface area contributed by atoms with E-state index >= 15 is 0 Å². The third-order valence-corrected chi connectivity index (χ3v) is 6.67. The molecule has 4 aromatic rings. The molecule has 0 fully saturated rings. The van der Waals surface area contributed by atoms with Crippen molar-refractivity contribution in [3.8, 4) is 11.3 Å². The maximum absolute atomic E-state index is 11.2. The molecule has 3 aromatic carbocycles. The van der Waals surface area contributed by atoms with Gasteiger partial charge in [-0.2, -0.15) is 16.8 Å². The summed E-state index contributed by atoms with van der Waals surface area (Å²) in [4.78, 5) is 0. The zero-order chi connectivity index (χ0) is 26.2. The van der Waals surface area contributed by atoms with Crippen LogP contribution in [0.2, 0.25) is 0 Å². The molecule has 0 saturated heterocycles. The van der Waals surface area contributed by atoms with E-state index < -0.39 is 20.2 Å². The standard InChI is InChI=1S/C16H12O4S.C10H11BrO3S/c17-21(18,19)10-9-12-5-7-13(8-6-12)16-11-14-3-1-2-4-15(14)20-16;1-2-14-15(12,13)8-7-9-3-5-10(11)6-4-9/h1-11H,(H,17,18,19);3-8H,2H2,1H3/b10-9+;8-7+. The molecule has 4 rings (SSSR count). The summed E-state index contributed by atoms with van der Waals surface area (Å²) >= 11 is 3.29. The van der Waals surface area contributed by atoms with E-state index in [0.717, 1.165) is 43.1 Å². The lowest BCUT2D eigenvalue weighted by Gasteiger charge is -1.97. The van der Waals surface area contributed by atoms with Crippen LogP contribution in [-0.2, 0) is 24.4 Å². The average Bonchev–Trinajstić information content (AvgIpc) is 3.27. The number of halogens is 1. The van der Waals surface area contributed by atoms with Crippen molar-refractivity contribution in [3.63, 3.8) is 0 Å². The van der Waals surface area contributed by atoms with Crippen molar-refractivity contribution in [1.82, 2.24) is 0 Å². The molecule has 188 valence electrons. The Kier molecular flexibility index (Phi) is 9.41. The molecule has 36 heavy (non-hydrogen) atoms. The van der Waals surface area contributed by atoms with Gasteiger partial charge in [-0.3, -0.25) is 8.74 Å². The Labute approximate surface area is 218 Å². The summed E-state index contributed by atoms with van der Waals surface area (Å²) in [5.74, 6) is 0.751. The highest BCUT2D eigenvalue weighted by atomic mass is 79.9. The zero-order valence-corrected chi connectivity index (χ0v) is 22.3. The van der Waals surface area contributed by atoms with Crippen molar-refractivity contribution in [1.29, 1.82) is 0 Å². The minimum absolute atomic E-state index is 0.146. The van der Waals surface area contributed by atoms with E-state index in [4.69, 9.17) is 8.97 Å². The van der Waals surface area contributed by atoms with E-state index in [9.17, 15) is 16.8 Å². The fourth-order valence-electron chi connectivity index (χ4n) is 2.99. The van der Waals surface area contributed by atoms with Crippen LogP contribution >= 0.6 is 15.9 Å². The number of furan rings is 1. The highest BCUT2D eigenvalue weighted by Gasteiger charge is 2.06. The molecule has 0 spiro atoms. The molecule has 0 radical (unpaired) electrons. The van der Waals surface area contributed by atoms with Gasteiger partial charge < -0.3 is 4.42 Å². The van der Waals surface area contributed by atoms with Gasteiger partial charge in [-0.05, 0) is 54.5 Å². The predicted molar refractivity (Wildman–Crippen MR) is 146 cm³/mol. The molecule has 0 unspecified atom stereocenters. The van der Waals surface area contributed by atoms with Crippen LogP contribution < -0.4 is 0 Å². The van der Waals surface area contributed by atoms with Crippen LogP contribution in [0, 0.1) is 0 Å². The Morgan fingerprint density at radius 1 is 0.861 bits per heavy atom. The molecular formula is C26H23BrO7S2. The Balaban J connectivity index is 0.000000214. The molecule has 0 atom stereocenters. The molecule has 0 aliphatic carbocycles. The minimum atomic E-state index is -4.10. The first-order valence-corrected chi connectivity index (χ1v) is 14.4. The number of hydrogen-bond donors (Lipinski definition) is 1. The molecule has 1 N–H and O–H groups in total. The highest BCUT2D eigenvalue weighted by molar-refractivity contribution is 9.10. The first-order valence-electron chi connectivity index (χ1n) is 10.6. The van der Waals surface area contributed by atoms with E-state index in [1.165, 1.54) is 12.2 Å². The van der Waals surface area contributed by atoms with Gasteiger partial charge in [0.1, 0.15) is 11.3 Å². The molecule has 0 aliphatic heterocycles. The smallest absolute Gasteiger partial charge is 0.290 e. The second kappa shape index (κ2) is 12.3. The van der Waals surface area contributed by atoms with Gasteiger partial charge in [0.15, 0.2) is 0 Å². The molecule has 0 saturated carbocycles. The van der Waals surface area contributed by atoms with E-state index in [1.54, 1.807) is 19.1 Å². The first-order chi connectivity index (χ1) is 17.0. The fraction of sp³-hybridized carbons (Fsp3) is 0.0769. The lowest BCUT2D eigenvalue weighted by molar-refractivity contribution is 0.345. The molecule has 0 bridgehead atoms.